The third-order valence-corrected chi connectivity index (χ3v) is 5.45. The van der Waals surface area contributed by atoms with Crippen molar-refractivity contribution in [2.24, 2.45) is 11.8 Å². The van der Waals surface area contributed by atoms with Gasteiger partial charge in [-0.05, 0) is 47.7 Å². The highest BCUT2D eigenvalue weighted by Gasteiger charge is 2.39. The third-order valence-electron chi connectivity index (χ3n) is 5.45. The highest BCUT2D eigenvalue weighted by Crippen LogP contribution is 2.41. The fourth-order valence-corrected chi connectivity index (χ4v) is 4.04. The van der Waals surface area contributed by atoms with E-state index in [1.54, 1.807) is 14.2 Å². The average Bonchev–Trinajstić information content (AvgIpc) is 2.67. The highest BCUT2D eigenvalue weighted by atomic mass is 16.5. The van der Waals surface area contributed by atoms with Crippen LogP contribution in [-0.2, 0) is 0 Å². The fraction of sp³-hybridized carbons (Fsp3) is 0.455. The molecular formula is C22H29NO3. The van der Waals surface area contributed by atoms with Crippen molar-refractivity contribution in [1.82, 2.24) is 5.32 Å². The minimum atomic E-state index is -0.351. The molecule has 0 aliphatic carbocycles. The molecule has 2 N–H and O–H groups in total. The second-order valence-electron chi connectivity index (χ2n) is 7.37. The Bertz CT molecular complexity index is 696. The lowest BCUT2D eigenvalue weighted by Crippen LogP contribution is -2.46. The van der Waals surface area contributed by atoms with E-state index in [4.69, 9.17) is 9.47 Å². The van der Waals surface area contributed by atoms with E-state index >= 15 is 0 Å². The van der Waals surface area contributed by atoms with Gasteiger partial charge in [0.25, 0.3) is 0 Å². The van der Waals surface area contributed by atoms with Gasteiger partial charge in [0.15, 0.2) is 0 Å². The summed E-state index contributed by atoms with van der Waals surface area (Å²) in [6.45, 7) is 4.36. The van der Waals surface area contributed by atoms with Crippen molar-refractivity contribution in [2.45, 2.75) is 38.5 Å². The first-order valence-electron chi connectivity index (χ1n) is 9.25. The van der Waals surface area contributed by atoms with Crippen LogP contribution in [0.1, 0.15) is 43.5 Å². The molecule has 1 aliphatic rings. The molecule has 1 heterocycles. The lowest BCUT2D eigenvalue weighted by atomic mass is 9.74. The second kappa shape index (κ2) is 8.11. The second-order valence-corrected chi connectivity index (χ2v) is 7.37. The summed E-state index contributed by atoms with van der Waals surface area (Å²) >= 11 is 0. The number of methoxy groups -OCH3 is 2. The van der Waals surface area contributed by atoms with Crippen LogP contribution in [0.5, 0.6) is 11.5 Å². The van der Waals surface area contributed by atoms with Crippen LogP contribution in [-0.4, -0.2) is 25.4 Å². The minimum Gasteiger partial charge on any atom is -0.497 e. The first kappa shape index (κ1) is 18.7. The first-order chi connectivity index (χ1) is 12.5. The van der Waals surface area contributed by atoms with E-state index in [0.717, 1.165) is 11.5 Å². The van der Waals surface area contributed by atoms with E-state index < -0.39 is 0 Å². The van der Waals surface area contributed by atoms with E-state index in [1.807, 2.05) is 24.3 Å². The SMILES string of the molecule is COc1ccc([C@@H]2C[C@H](O)[C@@H](C(C)C)[C@H](c3ccc(OC)cc3)N2)cc1. The van der Waals surface area contributed by atoms with Gasteiger partial charge in [-0.1, -0.05) is 38.1 Å². The van der Waals surface area contributed by atoms with Crippen LogP contribution >= 0.6 is 0 Å². The zero-order valence-corrected chi connectivity index (χ0v) is 16.0. The van der Waals surface area contributed by atoms with Gasteiger partial charge in [-0.3, -0.25) is 0 Å². The molecule has 0 radical (unpaired) electrons. The molecule has 0 aromatic heterocycles. The van der Waals surface area contributed by atoms with Crippen molar-refractivity contribution in [3.63, 3.8) is 0 Å². The van der Waals surface area contributed by atoms with Crippen LogP contribution in [0.15, 0.2) is 48.5 Å². The number of aliphatic hydroxyl groups is 1. The number of ether oxygens (including phenoxy) is 2. The van der Waals surface area contributed by atoms with E-state index in [2.05, 4.69) is 43.4 Å². The molecule has 0 saturated carbocycles. The molecule has 140 valence electrons. The maximum atomic E-state index is 10.9. The molecule has 4 atom stereocenters. The van der Waals surface area contributed by atoms with E-state index in [-0.39, 0.29) is 24.1 Å². The van der Waals surface area contributed by atoms with E-state index in [0.29, 0.717) is 12.3 Å². The van der Waals surface area contributed by atoms with Crippen molar-refractivity contribution in [3.05, 3.63) is 59.7 Å². The van der Waals surface area contributed by atoms with Crippen molar-refractivity contribution < 1.29 is 14.6 Å². The summed E-state index contributed by atoms with van der Waals surface area (Å²) in [5.74, 6) is 2.23. The van der Waals surface area contributed by atoms with Gasteiger partial charge in [-0.25, -0.2) is 0 Å². The van der Waals surface area contributed by atoms with Crippen LogP contribution in [0.4, 0.5) is 0 Å². The van der Waals surface area contributed by atoms with Crippen LogP contribution in [0.25, 0.3) is 0 Å². The number of aliphatic hydroxyl groups excluding tert-OH is 1. The van der Waals surface area contributed by atoms with Crippen LogP contribution < -0.4 is 14.8 Å². The molecule has 1 fully saturated rings. The topological polar surface area (TPSA) is 50.7 Å². The van der Waals surface area contributed by atoms with Crippen molar-refractivity contribution in [1.29, 1.82) is 0 Å². The van der Waals surface area contributed by atoms with Gasteiger partial charge in [0.2, 0.25) is 0 Å². The summed E-state index contributed by atoms with van der Waals surface area (Å²) in [6.07, 6.45) is 0.359. The molecule has 2 aromatic carbocycles. The van der Waals surface area contributed by atoms with Gasteiger partial charge in [-0.2, -0.15) is 0 Å². The Morgan fingerprint density at radius 3 is 1.85 bits per heavy atom. The van der Waals surface area contributed by atoms with Gasteiger partial charge in [0, 0.05) is 18.0 Å². The lowest BCUT2D eigenvalue weighted by Gasteiger charge is -2.43. The molecule has 2 aromatic rings. The number of hydrogen-bond donors (Lipinski definition) is 2. The van der Waals surface area contributed by atoms with Gasteiger partial charge in [-0.15, -0.1) is 0 Å². The summed E-state index contributed by atoms with van der Waals surface area (Å²) in [4.78, 5) is 0. The maximum absolute atomic E-state index is 10.9. The molecule has 26 heavy (non-hydrogen) atoms. The Labute approximate surface area is 156 Å². The van der Waals surface area contributed by atoms with Crippen molar-refractivity contribution >= 4 is 0 Å². The molecule has 3 rings (SSSR count). The molecule has 0 unspecified atom stereocenters. The molecule has 1 aliphatic heterocycles. The van der Waals surface area contributed by atoms with E-state index in [1.165, 1.54) is 11.1 Å². The normalized spacial score (nSPS) is 25.9. The smallest absolute Gasteiger partial charge is 0.118 e. The standard InChI is InChI=1S/C22H29NO3/c1-14(2)21-20(24)13-19(15-5-9-17(25-3)10-6-15)23-22(21)16-7-11-18(26-4)12-8-16/h5-12,14,19-24H,13H2,1-4H3/t19-,20-,21+,22-/m0/s1. The molecule has 0 amide bonds. The molecule has 4 heteroatoms. The first-order valence-corrected chi connectivity index (χ1v) is 9.25. The summed E-state index contributed by atoms with van der Waals surface area (Å²) in [7, 11) is 3.35. The Morgan fingerprint density at radius 1 is 0.885 bits per heavy atom. The largest absolute Gasteiger partial charge is 0.497 e. The monoisotopic (exact) mass is 355 g/mol. The van der Waals surface area contributed by atoms with Gasteiger partial charge < -0.3 is 19.9 Å². The van der Waals surface area contributed by atoms with Crippen molar-refractivity contribution in [3.8, 4) is 11.5 Å². The maximum Gasteiger partial charge on any atom is 0.118 e. The summed E-state index contributed by atoms with van der Waals surface area (Å²) in [5.41, 5.74) is 2.35. The zero-order chi connectivity index (χ0) is 18.7. The van der Waals surface area contributed by atoms with E-state index in [9.17, 15) is 5.11 Å². The molecule has 0 spiro atoms. The molecule has 1 saturated heterocycles. The Balaban J connectivity index is 1.89. The number of rotatable bonds is 5. The zero-order valence-electron chi connectivity index (χ0n) is 16.0. The predicted molar refractivity (Wildman–Crippen MR) is 104 cm³/mol. The van der Waals surface area contributed by atoms with Crippen LogP contribution in [0, 0.1) is 11.8 Å². The molecular weight excluding hydrogens is 326 g/mol. The van der Waals surface area contributed by atoms with Crippen molar-refractivity contribution in [2.75, 3.05) is 14.2 Å². The Morgan fingerprint density at radius 2 is 1.38 bits per heavy atom. The number of piperidine rings is 1. The third kappa shape index (κ3) is 3.87. The highest BCUT2D eigenvalue weighted by molar-refractivity contribution is 5.33. The van der Waals surface area contributed by atoms with Crippen LogP contribution in [0.3, 0.4) is 0 Å². The molecule has 0 bridgehead atoms. The summed E-state index contributed by atoms with van der Waals surface area (Å²) in [6, 6.07) is 16.4. The fourth-order valence-electron chi connectivity index (χ4n) is 4.04. The Kier molecular flexibility index (Phi) is 5.84. The Hall–Kier alpha value is -2.04. The number of hydrogen-bond acceptors (Lipinski definition) is 4. The quantitative estimate of drug-likeness (QED) is 0.847. The average molecular weight is 355 g/mol. The summed E-state index contributed by atoms with van der Waals surface area (Å²) in [5, 5.41) is 14.7. The number of nitrogens with one attached hydrogen (secondary N) is 1. The summed E-state index contributed by atoms with van der Waals surface area (Å²) < 4.78 is 10.5. The molecule has 4 nitrogen and oxygen atoms in total. The van der Waals surface area contributed by atoms with Gasteiger partial charge >= 0.3 is 0 Å². The van der Waals surface area contributed by atoms with Crippen LogP contribution in [0.2, 0.25) is 0 Å². The minimum absolute atomic E-state index is 0.0942. The number of benzene rings is 2. The lowest BCUT2D eigenvalue weighted by molar-refractivity contribution is 0.00765. The van der Waals surface area contributed by atoms with Gasteiger partial charge in [0.05, 0.1) is 20.3 Å². The van der Waals surface area contributed by atoms with Gasteiger partial charge in [0.1, 0.15) is 11.5 Å². The predicted octanol–water partition coefficient (Wildman–Crippen LogP) is 4.11.